The lowest BCUT2D eigenvalue weighted by Crippen LogP contribution is -2.75. The molecule has 10 aromatic rings. The van der Waals surface area contributed by atoms with E-state index in [1.165, 1.54) is 20.7 Å². The van der Waals surface area contributed by atoms with Gasteiger partial charge in [0.25, 0.3) is 0 Å². The zero-order chi connectivity index (χ0) is 55.7. The molecule has 13 rings (SSSR count). The molecule has 0 saturated heterocycles. The van der Waals surface area contributed by atoms with Gasteiger partial charge in [-0.1, -0.05) is 190 Å². The molecule has 0 N–H and O–H groups in total. The normalized spacial score (nSPS) is 17.3. The highest BCUT2D eigenvalue weighted by Crippen LogP contribution is 2.51. The van der Waals surface area contributed by atoms with Gasteiger partial charge in [0.1, 0.15) is 24.0 Å². The molecule has 70 heavy (non-hydrogen) atoms. The molecule has 1 atom stereocenters. The Labute approximate surface area is 425 Å². The molecule has 0 radical (unpaired) electrons. The summed E-state index contributed by atoms with van der Waals surface area (Å²) in [6, 6.07) is 52.5. The van der Waals surface area contributed by atoms with Crippen LogP contribution in [0.5, 0.6) is 11.5 Å². The third-order valence-electron chi connectivity index (χ3n) is 13.9. The number of pyridine rings is 1. The minimum absolute atomic E-state index is 0.0917. The van der Waals surface area contributed by atoms with E-state index in [0.29, 0.717) is 22.9 Å². The van der Waals surface area contributed by atoms with Crippen molar-refractivity contribution in [2.24, 2.45) is 0 Å². The number of nitrogens with zero attached hydrogens (tertiary/aromatic N) is 4. The Kier molecular flexibility index (Phi) is 7.56. The molecule has 9 aromatic carbocycles. The zero-order valence-corrected chi connectivity index (χ0v) is 39.6. The Bertz CT molecular complexity index is 4100. The molecule has 0 fully saturated rings. The van der Waals surface area contributed by atoms with Crippen molar-refractivity contribution in [3.05, 3.63) is 242 Å². The molecule has 336 valence electrons. The highest BCUT2D eigenvalue weighted by Gasteiger charge is 2.55. The largest absolute Gasteiger partial charge is 0.457 e. The van der Waals surface area contributed by atoms with Gasteiger partial charge in [-0.3, -0.25) is 4.90 Å². The Morgan fingerprint density at radius 1 is 0.514 bits per heavy atom. The first-order chi connectivity index (χ1) is 38.5. The van der Waals surface area contributed by atoms with Crippen molar-refractivity contribution in [1.82, 2.24) is 4.98 Å². The molecule has 0 saturated carbocycles. The number of rotatable bonds is 8. The van der Waals surface area contributed by atoms with E-state index in [1.54, 1.807) is 18.2 Å². The summed E-state index contributed by atoms with van der Waals surface area (Å²) in [5.41, 5.74) is 8.05. The van der Waals surface area contributed by atoms with E-state index in [9.17, 15) is 0 Å². The van der Waals surface area contributed by atoms with Crippen LogP contribution in [0.1, 0.15) is 40.0 Å². The van der Waals surface area contributed by atoms with Gasteiger partial charge in [0.15, 0.2) is 8.07 Å². The van der Waals surface area contributed by atoms with Gasteiger partial charge in [0.2, 0.25) is 0 Å². The molecule has 1 aromatic heterocycles. The third kappa shape index (κ3) is 6.55. The summed E-state index contributed by atoms with van der Waals surface area (Å²) < 4.78 is 95.2. The predicted molar refractivity (Wildman–Crippen MR) is 293 cm³/mol. The minimum Gasteiger partial charge on any atom is -0.457 e. The number of fused-ring (bicyclic) bond motifs is 6. The van der Waals surface area contributed by atoms with Gasteiger partial charge in [-0.2, -0.15) is 0 Å². The Morgan fingerprint density at radius 3 is 1.84 bits per heavy atom. The van der Waals surface area contributed by atoms with E-state index in [4.69, 9.17) is 23.4 Å². The maximum Gasteiger partial charge on any atom is 0.185 e. The molecule has 5 nitrogen and oxygen atoms in total. The average Bonchev–Trinajstić information content (AvgIpc) is 3.66. The molecule has 6 heteroatoms. The number of hydrogen-bond donors (Lipinski definition) is 0. The molecular weight excluding hydrogens is 869 g/mol. The van der Waals surface area contributed by atoms with Crippen LogP contribution < -0.4 is 40.2 Å². The first kappa shape index (κ1) is 32.3. The van der Waals surface area contributed by atoms with Gasteiger partial charge in [-0.15, -0.1) is 0 Å². The fraction of sp³-hybridized carbons (Fsp3) is 0.0781. The lowest BCUT2D eigenvalue weighted by Gasteiger charge is -2.43. The maximum atomic E-state index is 9.14. The van der Waals surface area contributed by atoms with E-state index in [1.807, 2.05) is 59.6 Å². The van der Waals surface area contributed by atoms with Gasteiger partial charge < -0.3 is 14.5 Å². The maximum absolute atomic E-state index is 9.14. The van der Waals surface area contributed by atoms with E-state index in [0.717, 1.165) is 45.3 Å². The van der Waals surface area contributed by atoms with Crippen molar-refractivity contribution < 1.29 is 18.4 Å². The number of aromatic nitrogens is 1. The topological polar surface area (TPSA) is 31.8 Å². The van der Waals surface area contributed by atoms with Crippen LogP contribution in [-0.2, 0) is 5.41 Å². The van der Waals surface area contributed by atoms with E-state index < -0.39 is 68.5 Å². The third-order valence-corrected chi connectivity index (χ3v) is 18.8. The Balaban J connectivity index is 0.970. The molecule has 0 spiro atoms. The average molecular weight is 929 g/mol. The quantitative estimate of drug-likeness (QED) is 0.142. The summed E-state index contributed by atoms with van der Waals surface area (Å²) >= 11 is 0. The molecule has 3 aliphatic rings. The van der Waals surface area contributed by atoms with Gasteiger partial charge in [-0.05, 0) is 103 Å². The van der Waals surface area contributed by atoms with Crippen LogP contribution in [0.25, 0.3) is 33.4 Å². The summed E-state index contributed by atoms with van der Waals surface area (Å²) in [5, 5.41) is 5.15. The Morgan fingerprint density at radius 2 is 1.13 bits per heavy atom. The highest BCUT2D eigenvalue weighted by molar-refractivity contribution is 7.23. The van der Waals surface area contributed by atoms with Gasteiger partial charge in [0, 0.05) is 40.8 Å². The van der Waals surface area contributed by atoms with Gasteiger partial charge >= 0.3 is 0 Å². The SMILES string of the molecule is [2H]c1c([2H])c([2H])c(-c2cccc(-c3c([2H])c([2H])c([2H])c([2H])c3[2H])c2N2CN(c3cccc(Oc4cc5c6c(c4)N(c4cc(C(C)(C)C)ccn4)c4ccccc4[Si]6(c4ccccc4)c4ccccc4-5)c3)c3ccccc32)c([2H])c1[2H]. The fourth-order valence-corrected chi connectivity index (χ4v) is 16.4. The van der Waals surface area contributed by atoms with Crippen LogP contribution in [-0.4, -0.2) is 19.7 Å². The summed E-state index contributed by atoms with van der Waals surface area (Å²) in [7, 11) is -2.95. The van der Waals surface area contributed by atoms with Crippen molar-refractivity contribution in [3.8, 4) is 44.9 Å². The van der Waals surface area contributed by atoms with Crippen LogP contribution in [0, 0.1) is 0 Å². The number of para-hydroxylation sites is 4. The fourth-order valence-electron chi connectivity index (χ4n) is 10.9. The number of hydrogen-bond acceptors (Lipinski definition) is 5. The second kappa shape index (κ2) is 16.4. The lowest BCUT2D eigenvalue weighted by atomic mass is 9.87. The van der Waals surface area contributed by atoms with Crippen molar-refractivity contribution in [2.45, 2.75) is 26.2 Å². The van der Waals surface area contributed by atoms with Crippen molar-refractivity contribution >= 4 is 68.8 Å². The number of ether oxygens (including phenoxy) is 1. The number of benzene rings is 9. The molecular formula is C64H50N4OSi. The molecule has 0 aliphatic carbocycles. The Hall–Kier alpha value is -8.45. The van der Waals surface area contributed by atoms with Crippen LogP contribution in [0.3, 0.4) is 0 Å². The van der Waals surface area contributed by atoms with Crippen LogP contribution in [0.2, 0.25) is 0 Å². The second-order valence-electron chi connectivity index (χ2n) is 18.8. The second-order valence-corrected chi connectivity index (χ2v) is 22.5. The van der Waals surface area contributed by atoms with Crippen LogP contribution >= 0.6 is 0 Å². The summed E-state index contributed by atoms with van der Waals surface area (Å²) in [6.07, 6.45) is 1.90. The monoisotopic (exact) mass is 928 g/mol. The van der Waals surface area contributed by atoms with E-state index in [2.05, 4.69) is 134 Å². The van der Waals surface area contributed by atoms with Crippen LogP contribution in [0.4, 0.5) is 39.9 Å². The molecule has 3 aliphatic heterocycles. The molecule has 4 heterocycles. The van der Waals surface area contributed by atoms with Crippen molar-refractivity contribution in [1.29, 1.82) is 0 Å². The zero-order valence-electron chi connectivity index (χ0n) is 48.6. The lowest BCUT2D eigenvalue weighted by molar-refractivity contribution is 0.483. The van der Waals surface area contributed by atoms with E-state index in [-0.39, 0.29) is 34.3 Å². The van der Waals surface area contributed by atoms with E-state index >= 15 is 0 Å². The predicted octanol–water partition coefficient (Wildman–Crippen LogP) is 13.9. The van der Waals surface area contributed by atoms with Gasteiger partial charge in [-0.25, -0.2) is 4.98 Å². The standard InChI is InChI=1S/C64H50N4OSi/c1-64(2,3)46-37-38-65-61(39-46)68-57-34-16-18-36-60(57)70(50-27-11-6-12-28-50)59-35-17-13-29-53(59)54-41-49(42-58(68)63(54)70)69-48-26-19-25-47(40-48)66-43-67(56-33-15-14-32-55(56)66)62-51(44-21-7-4-8-22-44)30-20-31-52(62)45-23-9-5-10-24-45/h4-42H,43H2,1-3H3/i4D,5D,7D,8D,9D,10D,21D,22D,23D,24D. The minimum atomic E-state index is -2.95. The smallest absolute Gasteiger partial charge is 0.185 e. The molecule has 0 amide bonds. The first-order valence-electron chi connectivity index (χ1n) is 28.4. The number of anilines is 7. The summed E-state index contributed by atoms with van der Waals surface area (Å²) in [6.45, 7) is 6.74. The highest BCUT2D eigenvalue weighted by atomic mass is 28.3. The van der Waals surface area contributed by atoms with Crippen LogP contribution in [0.15, 0.2) is 236 Å². The summed E-state index contributed by atoms with van der Waals surface area (Å²) in [5.74, 6) is 1.98. The van der Waals surface area contributed by atoms with Crippen molar-refractivity contribution in [3.63, 3.8) is 0 Å². The first-order valence-corrected chi connectivity index (χ1v) is 25.4. The van der Waals surface area contributed by atoms with Gasteiger partial charge in [0.05, 0.1) is 36.5 Å². The summed E-state index contributed by atoms with van der Waals surface area (Å²) in [4.78, 5) is 11.4. The van der Waals surface area contributed by atoms with Crippen molar-refractivity contribution in [2.75, 3.05) is 21.4 Å². The molecule has 1 unspecified atom stereocenters. The molecule has 0 bridgehead atoms.